The minimum atomic E-state index is -1.01. The fourth-order valence-corrected chi connectivity index (χ4v) is 5.68. The molecule has 186 valence electrons. The van der Waals surface area contributed by atoms with Crippen molar-refractivity contribution in [2.45, 2.75) is 50.1 Å². The maximum absolute atomic E-state index is 12.5. The largest absolute Gasteiger partial charge is 0.480 e. The summed E-state index contributed by atoms with van der Waals surface area (Å²) >= 11 is 1.55. The van der Waals surface area contributed by atoms with Gasteiger partial charge in [0.05, 0.1) is 0 Å². The Morgan fingerprint density at radius 3 is 2.34 bits per heavy atom. The molecular formula is C27H32N2O5S. The molecule has 0 spiro atoms. The van der Waals surface area contributed by atoms with Crippen LogP contribution in [0.25, 0.3) is 11.1 Å². The molecular weight excluding hydrogens is 464 g/mol. The Bertz CT molecular complexity index is 1030. The third kappa shape index (κ3) is 6.17. The van der Waals surface area contributed by atoms with Gasteiger partial charge in [-0.1, -0.05) is 48.5 Å². The molecule has 0 radical (unpaired) electrons. The number of ether oxygens (including phenoxy) is 1. The molecule has 4 rings (SSSR count). The fraction of sp³-hybridized carbons (Fsp3) is 0.444. The molecule has 0 aliphatic heterocycles. The molecule has 1 fully saturated rings. The molecule has 2 amide bonds. The maximum Gasteiger partial charge on any atom is 0.407 e. The lowest BCUT2D eigenvalue weighted by Crippen LogP contribution is -2.41. The van der Waals surface area contributed by atoms with Crippen LogP contribution in [0.3, 0.4) is 0 Å². The number of rotatable bonds is 10. The number of carbonyl (C=O) groups is 3. The van der Waals surface area contributed by atoms with Gasteiger partial charge in [0, 0.05) is 18.4 Å². The summed E-state index contributed by atoms with van der Waals surface area (Å²) in [6, 6.07) is 15.5. The summed E-state index contributed by atoms with van der Waals surface area (Å²) in [5, 5.41) is 14.9. The Morgan fingerprint density at radius 1 is 1.06 bits per heavy atom. The van der Waals surface area contributed by atoms with Crippen LogP contribution < -0.4 is 10.6 Å². The Hall–Kier alpha value is -3.00. The van der Waals surface area contributed by atoms with Gasteiger partial charge in [0.25, 0.3) is 0 Å². The summed E-state index contributed by atoms with van der Waals surface area (Å²) in [6.45, 7) is 0.269. The van der Waals surface area contributed by atoms with Gasteiger partial charge in [-0.25, -0.2) is 9.59 Å². The summed E-state index contributed by atoms with van der Waals surface area (Å²) in [7, 11) is 0. The van der Waals surface area contributed by atoms with E-state index in [0.29, 0.717) is 18.6 Å². The quantitative estimate of drug-likeness (QED) is 0.450. The van der Waals surface area contributed by atoms with Gasteiger partial charge in [0.1, 0.15) is 12.6 Å². The summed E-state index contributed by atoms with van der Waals surface area (Å²) in [4.78, 5) is 36.3. The van der Waals surface area contributed by atoms with Crippen molar-refractivity contribution in [3.63, 3.8) is 0 Å². The minimum Gasteiger partial charge on any atom is -0.480 e. The zero-order valence-corrected chi connectivity index (χ0v) is 20.7. The average Bonchev–Trinajstić information content (AvgIpc) is 3.41. The first-order valence-corrected chi connectivity index (χ1v) is 13.5. The van der Waals surface area contributed by atoms with Crippen LogP contribution in [0.1, 0.15) is 49.1 Å². The van der Waals surface area contributed by atoms with E-state index in [4.69, 9.17) is 4.74 Å². The SMILES string of the molecule is CSCC[C@@H](NC(=O)CC1CCC(NC(=O)OCC2c3ccccc3-c3ccccc32)C1)C(=O)O. The molecule has 0 bridgehead atoms. The highest BCUT2D eigenvalue weighted by Crippen LogP contribution is 2.44. The van der Waals surface area contributed by atoms with Crippen molar-refractivity contribution < 1.29 is 24.2 Å². The van der Waals surface area contributed by atoms with E-state index in [0.717, 1.165) is 12.8 Å². The van der Waals surface area contributed by atoms with Crippen LogP contribution in [0.5, 0.6) is 0 Å². The molecule has 0 aromatic heterocycles. The number of amides is 2. The van der Waals surface area contributed by atoms with E-state index in [2.05, 4.69) is 34.9 Å². The number of hydrogen-bond acceptors (Lipinski definition) is 5. The van der Waals surface area contributed by atoms with E-state index >= 15 is 0 Å². The van der Waals surface area contributed by atoms with Gasteiger partial charge in [-0.2, -0.15) is 11.8 Å². The van der Waals surface area contributed by atoms with E-state index in [1.165, 1.54) is 22.3 Å². The Morgan fingerprint density at radius 2 is 1.71 bits per heavy atom. The number of fused-ring (bicyclic) bond motifs is 3. The topological polar surface area (TPSA) is 105 Å². The van der Waals surface area contributed by atoms with Crippen molar-refractivity contribution in [3.8, 4) is 11.1 Å². The first-order valence-electron chi connectivity index (χ1n) is 12.1. The zero-order chi connectivity index (χ0) is 24.8. The van der Waals surface area contributed by atoms with Gasteiger partial charge >= 0.3 is 12.1 Å². The first kappa shape index (κ1) is 25.1. The second kappa shape index (κ2) is 11.6. The van der Waals surface area contributed by atoms with Crippen molar-refractivity contribution in [2.24, 2.45) is 5.92 Å². The summed E-state index contributed by atoms with van der Waals surface area (Å²) in [5.41, 5.74) is 4.72. The van der Waals surface area contributed by atoms with Crippen molar-refractivity contribution in [2.75, 3.05) is 18.6 Å². The molecule has 35 heavy (non-hydrogen) atoms. The predicted molar refractivity (Wildman–Crippen MR) is 137 cm³/mol. The third-order valence-corrected chi connectivity index (χ3v) is 7.57. The van der Waals surface area contributed by atoms with E-state index in [1.54, 1.807) is 11.8 Å². The number of thioether (sulfide) groups is 1. The van der Waals surface area contributed by atoms with Gasteiger partial charge in [0.15, 0.2) is 0 Å². The Balaban J connectivity index is 1.24. The van der Waals surface area contributed by atoms with Crippen LogP contribution in [-0.2, 0) is 14.3 Å². The Kier molecular flexibility index (Phi) is 8.33. The van der Waals surface area contributed by atoms with Crippen LogP contribution >= 0.6 is 11.8 Å². The zero-order valence-electron chi connectivity index (χ0n) is 19.9. The molecule has 0 heterocycles. The monoisotopic (exact) mass is 496 g/mol. The summed E-state index contributed by atoms with van der Waals surface area (Å²) in [6.07, 6.45) is 4.40. The molecule has 0 saturated heterocycles. The highest BCUT2D eigenvalue weighted by atomic mass is 32.2. The number of aliphatic carboxylic acids is 1. The van der Waals surface area contributed by atoms with Crippen LogP contribution in [0, 0.1) is 5.92 Å². The van der Waals surface area contributed by atoms with Gasteiger partial charge in [0.2, 0.25) is 5.91 Å². The van der Waals surface area contributed by atoms with Crippen LogP contribution in [0.15, 0.2) is 48.5 Å². The van der Waals surface area contributed by atoms with E-state index in [9.17, 15) is 19.5 Å². The minimum absolute atomic E-state index is 0.0152. The number of hydrogen-bond donors (Lipinski definition) is 3. The number of benzene rings is 2. The maximum atomic E-state index is 12.5. The van der Waals surface area contributed by atoms with Crippen LogP contribution in [-0.4, -0.2) is 53.8 Å². The fourth-order valence-electron chi connectivity index (χ4n) is 5.21. The molecule has 3 N–H and O–H groups in total. The highest BCUT2D eigenvalue weighted by molar-refractivity contribution is 7.98. The number of carboxylic acid groups (broad SMARTS) is 1. The van der Waals surface area contributed by atoms with Gasteiger partial charge < -0.3 is 20.5 Å². The standard InChI is InChI=1S/C27H32N2O5S/c1-35-13-12-24(26(31)32)29-25(30)15-17-10-11-18(14-17)28-27(33)34-16-23-21-8-4-2-6-19(21)20-7-3-5-9-22(20)23/h2-9,17-18,23-24H,10-16H2,1H3,(H,28,33)(H,29,30)(H,31,32)/t17?,18?,24-/m1/s1. The molecule has 3 atom stereocenters. The smallest absolute Gasteiger partial charge is 0.407 e. The first-order chi connectivity index (χ1) is 17.0. The number of alkyl carbamates (subject to hydrolysis) is 1. The number of carboxylic acids is 1. The average molecular weight is 497 g/mol. The van der Waals surface area contributed by atoms with Crippen molar-refractivity contribution in [1.82, 2.24) is 10.6 Å². The third-order valence-electron chi connectivity index (χ3n) is 6.92. The van der Waals surface area contributed by atoms with Gasteiger partial charge in [-0.3, -0.25) is 4.79 Å². The predicted octanol–water partition coefficient (Wildman–Crippen LogP) is 4.41. The second-order valence-corrected chi connectivity index (χ2v) is 10.3. The number of nitrogens with one attached hydrogen (secondary N) is 2. The second-order valence-electron chi connectivity index (χ2n) is 9.29. The van der Waals surface area contributed by atoms with Gasteiger partial charge in [-0.15, -0.1) is 0 Å². The molecule has 1 saturated carbocycles. The van der Waals surface area contributed by atoms with E-state index in [1.807, 2.05) is 30.5 Å². The molecule has 2 aliphatic rings. The van der Waals surface area contributed by atoms with Crippen molar-refractivity contribution in [1.29, 1.82) is 0 Å². The molecule has 2 aromatic carbocycles. The normalized spacial score (nSPS) is 19.5. The van der Waals surface area contributed by atoms with Crippen LogP contribution in [0.2, 0.25) is 0 Å². The summed E-state index contributed by atoms with van der Waals surface area (Å²) in [5.74, 6) is -0.448. The molecule has 7 nitrogen and oxygen atoms in total. The lowest BCUT2D eigenvalue weighted by atomic mass is 9.98. The van der Waals surface area contributed by atoms with Crippen LogP contribution in [0.4, 0.5) is 4.79 Å². The lowest BCUT2D eigenvalue weighted by molar-refractivity contribution is -0.142. The Labute approximate surface area is 210 Å². The lowest BCUT2D eigenvalue weighted by Gasteiger charge is -2.17. The number of carbonyl (C=O) groups excluding carboxylic acids is 2. The molecule has 8 heteroatoms. The van der Waals surface area contributed by atoms with Crippen molar-refractivity contribution in [3.05, 3.63) is 59.7 Å². The van der Waals surface area contributed by atoms with E-state index < -0.39 is 18.1 Å². The molecule has 2 aromatic rings. The van der Waals surface area contributed by atoms with E-state index in [-0.39, 0.29) is 36.8 Å². The highest BCUT2D eigenvalue weighted by Gasteiger charge is 2.31. The van der Waals surface area contributed by atoms with Gasteiger partial charge in [-0.05, 0) is 65.9 Å². The summed E-state index contributed by atoms with van der Waals surface area (Å²) < 4.78 is 5.64. The van der Waals surface area contributed by atoms with Crippen molar-refractivity contribution >= 4 is 29.7 Å². The molecule has 2 aliphatic carbocycles. The molecule has 2 unspecified atom stereocenters.